The van der Waals surface area contributed by atoms with Gasteiger partial charge in [-0.25, -0.2) is 13.1 Å². The number of aromatic amines is 1. The molecule has 2 aromatic heterocycles. The molecule has 9 rings (SSSR count). The number of hydrogen-bond acceptors (Lipinski definition) is 14. The van der Waals surface area contributed by atoms with Crippen LogP contribution in [0.5, 0.6) is 5.88 Å². The number of piperazine rings is 1. The zero-order chi connectivity index (χ0) is 45.3. The maximum absolute atomic E-state index is 14.4. The molecule has 65 heavy (non-hydrogen) atoms. The van der Waals surface area contributed by atoms with Crippen LogP contribution in [-0.4, -0.2) is 125 Å². The van der Waals surface area contributed by atoms with Crippen molar-refractivity contribution < 1.29 is 37.1 Å². The van der Waals surface area contributed by atoms with Crippen LogP contribution in [0.1, 0.15) is 42.6 Å². The van der Waals surface area contributed by atoms with E-state index in [4.69, 9.17) is 35.5 Å². The molecule has 3 aromatic carbocycles. The number of H-pyrrole nitrogens is 1. The number of fused-ring (bicyclic) bond motifs is 2. The van der Waals surface area contributed by atoms with Crippen LogP contribution in [0, 0.1) is 10.1 Å². The number of halogens is 1. The van der Waals surface area contributed by atoms with Crippen molar-refractivity contribution in [2.75, 3.05) is 94.0 Å². The second-order valence-corrected chi connectivity index (χ2v) is 19.3. The van der Waals surface area contributed by atoms with Crippen molar-refractivity contribution in [3.63, 3.8) is 0 Å². The van der Waals surface area contributed by atoms with Gasteiger partial charge in [-0.05, 0) is 91.6 Å². The van der Waals surface area contributed by atoms with Gasteiger partial charge in [-0.2, -0.15) is 4.98 Å². The normalized spacial score (nSPS) is 19.3. The SMILES string of the molecule is CC1(C)CC(c2ccc(Cl)cc2)=C(CN2CCN(c3ccc(C(=O)NS(=O)(=O)c4ccc(NCC5COCCO5)c([N+](=O)[O-])c4)c(N4CCCOc5nc6[nH]ccc6cc54)c3)CC2)CO1. The first-order chi connectivity index (χ1) is 31.3. The molecule has 3 N–H and O–H groups in total. The molecule has 1 amide bonds. The molecule has 17 nitrogen and oxygen atoms in total. The van der Waals surface area contributed by atoms with E-state index in [1.807, 2.05) is 41.3 Å². The molecular formula is C46H51ClN8O9S. The third-order valence-electron chi connectivity index (χ3n) is 12.2. The van der Waals surface area contributed by atoms with Gasteiger partial charge < -0.3 is 39.0 Å². The molecule has 0 spiro atoms. The summed E-state index contributed by atoms with van der Waals surface area (Å²) >= 11 is 6.24. The van der Waals surface area contributed by atoms with Gasteiger partial charge in [-0.3, -0.25) is 19.8 Å². The molecule has 4 aliphatic heterocycles. The summed E-state index contributed by atoms with van der Waals surface area (Å²) in [6, 6.07) is 20.7. The van der Waals surface area contributed by atoms with Crippen LogP contribution in [-0.2, 0) is 24.2 Å². The van der Waals surface area contributed by atoms with E-state index in [0.29, 0.717) is 87.0 Å². The second-order valence-electron chi connectivity index (χ2n) is 17.2. The molecule has 342 valence electrons. The van der Waals surface area contributed by atoms with Crippen LogP contribution in [0.25, 0.3) is 16.6 Å². The predicted octanol–water partition coefficient (Wildman–Crippen LogP) is 6.77. The summed E-state index contributed by atoms with van der Waals surface area (Å²) < 4.78 is 53.5. The number of rotatable bonds is 12. The molecule has 4 aliphatic rings. The Bertz CT molecular complexity index is 2730. The van der Waals surface area contributed by atoms with Crippen LogP contribution >= 0.6 is 11.6 Å². The van der Waals surface area contributed by atoms with Crippen LogP contribution < -0.4 is 24.6 Å². The summed E-state index contributed by atoms with van der Waals surface area (Å²) in [5, 5.41) is 16.7. The largest absolute Gasteiger partial charge is 0.476 e. The Morgan fingerprint density at radius 2 is 1.80 bits per heavy atom. The lowest BCUT2D eigenvalue weighted by atomic mass is 9.87. The number of nitro groups is 1. The van der Waals surface area contributed by atoms with E-state index in [1.165, 1.54) is 23.3 Å². The van der Waals surface area contributed by atoms with Crippen molar-refractivity contribution in [2.24, 2.45) is 0 Å². The zero-order valence-electron chi connectivity index (χ0n) is 36.2. The lowest BCUT2D eigenvalue weighted by Gasteiger charge is -2.39. The summed E-state index contributed by atoms with van der Waals surface area (Å²) in [5.41, 5.74) is 5.72. The molecular weight excluding hydrogens is 876 g/mol. The van der Waals surface area contributed by atoms with Crippen molar-refractivity contribution >= 4 is 72.6 Å². The summed E-state index contributed by atoms with van der Waals surface area (Å²) in [7, 11) is -4.60. The highest BCUT2D eigenvalue weighted by molar-refractivity contribution is 7.90. The maximum atomic E-state index is 14.4. The Hall–Kier alpha value is -5.76. The van der Waals surface area contributed by atoms with Gasteiger partial charge in [-0.15, -0.1) is 0 Å². The number of sulfonamides is 1. The molecule has 0 aliphatic carbocycles. The number of nitrogens with zero attached hydrogens (tertiary/aromatic N) is 5. The number of nitrogens with one attached hydrogen (secondary N) is 3. The Balaban J connectivity index is 0.986. The Kier molecular flexibility index (Phi) is 12.7. The Morgan fingerprint density at radius 1 is 0.985 bits per heavy atom. The van der Waals surface area contributed by atoms with E-state index in [1.54, 1.807) is 12.3 Å². The van der Waals surface area contributed by atoms with Crippen molar-refractivity contribution in [1.82, 2.24) is 19.6 Å². The molecule has 0 radical (unpaired) electrons. The van der Waals surface area contributed by atoms with Gasteiger partial charge in [0, 0.05) is 80.6 Å². The van der Waals surface area contributed by atoms with Gasteiger partial charge in [0.15, 0.2) is 0 Å². The first-order valence-corrected chi connectivity index (χ1v) is 23.6. The fourth-order valence-corrected chi connectivity index (χ4v) is 9.86. The van der Waals surface area contributed by atoms with Gasteiger partial charge in [0.2, 0.25) is 5.88 Å². The van der Waals surface area contributed by atoms with Crippen molar-refractivity contribution in [2.45, 2.75) is 43.3 Å². The highest BCUT2D eigenvalue weighted by Gasteiger charge is 2.32. The molecule has 19 heteroatoms. The number of amides is 1. The lowest BCUT2D eigenvalue weighted by molar-refractivity contribution is -0.384. The molecule has 1 atom stereocenters. The quantitative estimate of drug-likeness (QED) is 0.0877. The molecule has 0 bridgehead atoms. The van der Waals surface area contributed by atoms with Gasteiger partial charge in [0.25, 0.3) is 21.6 Å². The number of ether oxygens (including phenoxy) is 4. The third kappa shape index (κ3) is 9.92. The lowest BCUT2D eigenvalue weighted by Crippen LogP contribution is -2.47. The van der Waals surface area contributed by atoms with Crippen molar-refractivity contribution in [3.8, 4) is 5.88 Å². The maximum Gasteiger partial charge on any atom is 0.293 e. The van der Waals surface area contributed by atoms with E-state index < -0.39 is 31.4 Å². The minimum absolute atomic E-state index is 0.0855. The van der Waals surface area contributed by atoms with Gasteiger partial charge in [0.05, 0.1) is 65.8 Å². The van der Waals surface area contributed by atoms with Crippen LogP contribution in [0.15, 0.2) is 89.5 Å². The van der Waals surface area contributed by atoms with Gasteiger partial charge in [0.1, 0.15) is 17.0 Å². The van der Waals surface area contributed by atoms with E-state index in [9.17, 15) is 23.3 Å². The fourth-order valence-electron chi connectivity index (χ4n) is 8.74. The smallest absolute Gasteiger partial charge is 0.293 e. The highest BCUT2D eigenvalue weighted by atomic mass is 35.5. The number of aromatic nitrogens is 2. The topological polar surface area (TPSA) is 194 Å². The molecule has 2 saturated heterocycles. The van der Waals surface area contributed by atoms with E-state index >= 15 is 0 Å². The third-order valence-corrected chi connectivity index (χ3v) is 13.8. The number of hydrogen-bond donors (Lipinski definition) is 3. The zero-order valence-corrected chi connectivity index (χ0v) is 37.8. The number of anilines is 4. The second kappa shape index (κ2) is 18.6. The van der Waals surface area contributed by atoms with Crippen molar-refractivity contribution in [1.29, 1.82) is 0 Å². The van der Waals surface area contributed by atoms with E-state index in [-0.39, 0.29) is 29.5 Å². The highest BCUT2D eigenvalue weighted by Crippen LogP contribution is 2.41. The standard InChI is InChI=1S/C46H51ClN8O9S/c1-46(2)25-38(30-4-6-33(47)7-5-30)32(28-64-46)27-52-15-17-53(18-16-52)34-8-10-37(40(23-34)54-14-3-19-63-45-42(54)22-31-12-13-48-43(31)50-45)44(56)51-65(59,60)36-9-11-39(41(24-36)55(57)58)49-26-35-29-61-20-21-62-35/h4-13,22-24,35,49H,3,14-21,25-29H2,1-2H3,(H,48,50)(H,51,56). The number of carbonyl (C=O) groups is 1. The summed E-state index contributed by atoms with van der Waals surface area (Å²) in [6.45, 7) is 10.7. The Labute approximate surface area is 381 Å². The number of carbonyl (C=O) groups excluding carboxylic acids is 1. The minimum Gasteiger partial charge on any atom is -0.476 e. The average molecular weight is 927 g/mol. The fraction of sp³-hybridized carbons (Fsp3) is 0.391. The number of benzene rings is 3. The van der Waals surface area contributed by atoms with Crippen LogP contribution in [0.4, 0.5) is 28.4 Å². The number of pyridine rings is 1. The monoisotopic (exact) mass is 926 g/mol. The average Bonchev–Trinajstić information content (AvgIpc) is 3.66. The van der Waals surface area contributed by atoms with Crippen molar-refractivity contribution in [3.05, 3.63) is 111 Å². The summed E-state index contributed by atoms with van der Waals surface area (Å²) in [5.74, 6) is -0.526. The summed E-state index contributed by atoms with van der Waals surface area (Å²) in [6.07, 6.45) is 2.84. The van der Waals surface area contributed by atoms with Crippen LogP contribution in [0.3, 0.4) is 0 Å². The minimum atomic E-state index is -4.60. The predicted molar refractivity (Wildman–Crippen MR) is 248 cm³/mol. The Morgan fingerprint density at radius 3 is 2.57 bits per heavy atom. The molecule has 1 unspecified atom stereocenters. The first kappa shape index (κ1) is 44.4. The van der Waals surface area contributed by atoms with E-state index in [2.05, 4.69) is 50.8 Å². The molecule has 6 heterocycles. The van der Waals surface area contributed by atoms with Crippen LogP contribution in [0.2, 0.25) is 5.02 Å². The number of nitro benzene ring substituents is 1. The van der Waals surface area contributed by atoms with Gasteiger partial charge in [-0.1, -0.05) is 23.7 Å². The van der Waals surface area contributed by atoms with E-state index in [0.717, 1.165) is 48.8 Å². The molecule has 2 fully saturated rings. The first-order valence-electron chi connectivity index (χ1n) is 21.7. The molecule has 0 saturated carbocycles. The van der Waals surface area contributed by atoms with Gasteiger partial charge >= 0.3 is 0 Å². The molecule has 5 aromatic rings. The summed E-state index contributed by atoms with van der Waals surface area (Å²) in [4.78, 5) is 39.9.